The summed E-state index contributed by atoms with van der Waals surface area (Å²) in [5.41, 5.74) is 1.43. The molecule has 0 atom stereocenters. The number of hydrogen-bond acceptors (Lipinski definition) is 4. The molecule has 24 heavy (non-hydrogen) atoms. The van der Waals surface area contributed by atoms with Crippen molar-refractivity contribution in [1.82, 2.24) is 13.9 Å². The minimum Gasteiger partial charge on any atom is -0.457 e. The van der Waals surface area contributed by atoms with Crippen molar-refractivity contribution >= 4 is 21.1 Å². The van der Waals surface area contributed by atoms with Crippen molar-refractivity contribution in [1.29, 1.82) is 0 Å². The Labute approximate surface area is 140 Å². The Morgan fingerprint density at radius 2 is 1.88 bits per heavy atom. The highest BCUT2D eigenvalue weighted by Crippen LogP contribution is 2.30. The Morgan fingerprint density at radius 3 is 2.62 bits per heavy atom. The zero-order valence-corrected chi connectivity index (χ0v) is 14.0. The summed E-state index contributed by atoms with van der Waals surface area (Å²) in [6.45, 7) is 3.37. The summed E-state index contributed by atoms with van der Waals surface area (Å²) >= 11 is 0. The monoisotopic (exact) mass is 343 g/mol. The van der Waals surface area contributed by atoms with E-state index in [1.807, 2.05) is 49.4 Å². The Balaban J connectivity index is 1.77. The number of fused-ring (bicyclic) bond motifs is 3. The number of likely N-dealkylation sites (N-methyl/N-ethyl adjacent to an activating group) is 1. The first-order valence-electron chi connectivity index (χ1n) is 7.83. The molecule has 0 spiro atoms. The molecule has 0 saturated carbocycles. The molecular weight excluding hydrogens is 326 g/mol. The standard InChI is InChI=1S/C17H17N3O3S/c1-2-19-10-11-20-16-9-8-14(23-13-6-4-3-5-7-13)12-15(16)18-17(20)24(19,21)22/h3-9,12H,2,10-11H2,1H3. The minimum atomic E-state index is -3.52. The van der Waals surface area contributed by atoms with Gasteiger partial charge in [0, 0.05) is 25.7 Å². The fourth-order valence-corrected chi connectivity index (χ4v) is 4.54. The summed E-state index contributed by atoms with van der Waals surface area (Å²) in [7, 11) is -3.52. The van der Waals surface area contributed by atoms with E-state index in [1.54, 1.807) is 10.6 Å². The number of hydrogen-bond donors (Lipinski definition) is 0. The molecule has 2 heterocycles. The molecule has 4 rings (SSSR count). The molecule has 2 aromatic carbocycles. The van der Waals surface area contributed by atoms with Gasteiger partial charge in [0.05, 0.1) is 11.0 Å². The summed E-state index contributed by atoms with van der Waals surface area (Å²) in [5, 5.41) is 0.113. The minimum absolute atomic E-state index is 0.113. The van der Waals surface area contributed by atoms with E-state index in [2.05, 4.69) is 4.98 Å². The number of nitrogens with zero attached hydrogens (tertiary/aromatic N) is 3. The molecule has 0 saturated heterocycles. The molecule has 7 heteroatoms. The van der Waals surface area contributed by atoms with Gasteiger partial charge in [-0.2, -0.15) is 4.31 Å². The molecule has 0 unspecified atom stereocenters. The number of sulfonamides is 1. The SMILES string of the molecule is CCN1CCn2c(nc3cc(Oc4ccccc4)ccc32)S1(=O)=O. The third-order valence-corrected chi connectivity index (χ3v) is 6.05. The number of para-hydroxylation sites is 1. The normalized spacial score (nSPS) is 16.9. The van der Waals surface area contributed by atoms with E-state index < -0.39 is 10.0 Å². The van der Waals surface area contributed by atoms with Gasteiger partial charge in [-0.1, -0.05) is 25.1 Å². The summed E-state index contributed by atoms with van der Waals surface area (Å²) in [5.74, 6) is 1.36. The summed E-state index contributed by atoms with van der Waals surface area (Å²) in [6, 6.07) is 14.9. The summed E-state index contributed by atoms with van der Waals surface area (Å²) in [4.78, 5) is 4.36. The molecular formula is C17H17N3O3S. The van der Waals surface area contributed by atoms with Crippen LogP contribution in [0.5, 0.6) is 11.5 Å². The molecule has 0 radical (unpaired) electrons. The van der Waals surface area contributed by atoms with E-state index >= 15 is 0 Å². The largest absolute Gasteiger partial charge is 0.457 e. The Morgan fingerprint density at radius 1 is 1.08 bits per heavy atom. The third kappa shape index (κ3) is 2.37. The van der Waals surface area contributed by atoms with Gasteiger partial charge in [-0.3, -0.25) is 0 Å². The molecule has 6 nitrogen and oxygen atoms in total. The van der Waals surface area contributed by atoms with Gasteiger partial charge in [-0.05, 0) is 24.3 Å². The van der Waals surface area contributed by atoms with Crippen molar-refractivity contribution in [3.8, 4) is 11.5 Å². The molecule has 0 aliphatic carbocycles. The highest BCUT2D eigenvalue weighted by molar-refractivity contribution is 7.89. The topological polar surface area (TPSA) is 64.4 Å². The van der Waals surface area contributed by atoms with Gasteiger partial charge >= 0.3 is 0 Å². The molecule has 1 aromatic heterocycles. The van der Waals surface area contributed by atoms with Gasteiger partial charge in [0.25, 0.3) is 10.0 Å². The maximum Gasteiger partial charge on any atom is 0.277 e. The highest BCUT2D eigenvalue weighted by Gasteiger charge is 2.33. The third-order valence-electron chi connectivity index (χ3n) is 4.16. The van der Waals surface area contributed by atoms with Gasteiger partial charge in [0.15, 0.2) is 0 Å². The average molecular weight is 343 g/mol. The van der Waals surface area contributed by atoms with Gasteiger partial charge in [-0.15, -0.1) is 0 Å². The predicted octanol–water partition coefficient (Wildman–Crippen LogP) is 2.85. The smallest absolute Gasteiger partial charge is 0.277 e. The number of imidazole rings is 1. The van der Waals surface area contributed by atoms with Gasteiger partial charge in [0.1, 0.15) is 11.5 Å². The summed E-state index contributed by atoms with van der Waals surface area (Å²) in [6.07, 6.45) is 0. The Kier molecular flexibility index (Phi) is 3.54. The van der Waals surface area contributed by atoms with Crippen molar-refractivity contribution in [2.24, 2.45) is 0 Å². The lowest BCUT2D eigenvalue weighted by molar-refractivity contribution is 0.369. The number of aromatic nitrogens is 2. The van der Waals surface area contributed by atoms with Gasteiger partial charge in [-0.25, -0.2) is 13.4 Å². The van der Waals surface area contributed by atoms with Crippen LogP contribution in [0.25, 0.3) is 11.0 Å². The first kappa shape index (κ1) is 15.2. The lowest BCUT2D eigenvalue weighted by atomic mass is 10.3. The van der Waals surface area contributed by atoms with E-state index in [4.69, 9.17) is 4.74 Å². The lowest BCUT2D eigenvalue weighted by Crippen LogP contribution is -2.39. The van der Waals surface area contributed by atoms with Crippen molar-refractivity contribution in [3.63, 3.8) is 0 Å². The molecule has 1 aliphatic rings. The van der Waals surface area contributed by atoms with Gasteiger partial charge < -0.3 is 9.30 Å². The molecule has 0 amide bonds. The van der Waals surface area contributed by atoms with Crippen LogP contribution in [0.2, 0.25) is 0 Å². The maximum absolute atomic E-state index is 12.6. The summed E-state index contributed by atoms with van der Waals surface area (Å²) < 4.78 is 34.2. The number of rotatable bonds is 3. The molecule has 0 bridgehead atoms. The molecule has 3 aromatic rings. The van der Waals surface area contributed by atoms with Crippen LogP contribution in [0.4, 0.5) is 0 Å². The van der Waals surface area contributed by atoms with Crippen LogP contribution in [0, 0.1) is 0 Å². The van der Waals surface area contributed by atoms with E-state index in [9.17, 15) is 8.42 Å². The first-order valence-corrected chi connectivity index (χ1v) is 9.27. The molecule has 124 valence electrons. The zero-order chi connectivity index (χ0) is 16.7. The highest BCUT2D eigenvalue weighted by atomic mass is 32.2. The van der Waals surface area contributed by atoms with Crippen LogP contribution < -0.4 is 4.74 Å². The zero-order valence-electron chi connectivity index (χ0n) is 13.2. The second-order valence-electron chi connectivity index (χ2n) is 5.61. The van der Waals surface area contributed by atoms with Crippen LogP contribution in [-0.2, 0) is 16.6 Å². The van der Waals surface area contributed by atoms with Crippen LogP contribution in [0.3, 0.4) is 0 Å². The van der Waals surface area contributed by atoms with Crippen molar-refractivity contribution in [2.45, 2.75) is 18.6 Å². The van der Waals surface area contributed by atoms with E-state index in [0.29, 0.717) is 30.9 Å². The molecule has 0 fully saturated rings. The fraction of sp³-hybridized carbons (Fsp3) is 0.235. The quantitative estimate of drug-likeness (QED) is 0.733. The van der Waals surface area contributed by atoms with Crippen LogP contribution in [-0.4, -0.2) is 35.4 Å². The number of benzene rings is 2. The molecule has 0 N–H and O–H groups in total. The first-order chi connectivity index (χ1) is 11.6. The van der Waals surface area contributed by atoms with Crippen LogP contribution in [0.15, 0.2) is 53.7 Å². The maximum atomic E-state index is 12.6. The van der Waals surface area contributed by atoms with E-state index in [0.717, 1.165) is 11.3 Å². The number of ether oxygens (including phenoxy) is 1. The van der Waals surface area contributed by atoms with Gasteiger partial charge in [0.2, 0.25) is 5.16 Å². The average Bonchev–Trinajstić information content (AvgIpc) is 2.95. The predicted molar refractivity (Wildman–Crippen MR) is 90.7 cm³/mol. The fourth-order valence-electron chi connectivity index (χ4n) is 2.96. The van der Waals surface area contributed by atoms with E-state index in [-0.39, 0.29) is 5.16 Å². The van der Waals surface area contributed by atoms with Crippen molar-refractivity contribution < 1.29 is 13.2 Å². The van der Waals surface area contributed by atoms with E-state index in [1.165, 1.54) is 4.31 Å². The van der Waals surface area contributed by atoms with Crippen LogP contribution >= 0.6 is 0 Å². The molecule has 1 aliphatic heterocycles. The van der Waals surface area contributed by atoms with Crippen molar-refractivity contribution in [2.75, 3.05) is 13.1 Å². The van der Waals surface area contributed by atoms with Crippen LogP contribution in [0.1, 0.15) is 6.92 Å². The van der Waals surface area contributed by atoms with Crippen molar-refractivity contribution in [3.05, 3.63) is 48.5 Å². The second-order valence-corrected chi connectivity index (χ2v) is 7.44. The second kappa shape index (κ2) is 5.61. The Bertz CT molecular complexity index is 997. The Hall–Kier alpha value is -2.38. The lowest BCUT2D eigenvalue weighted by Gasteiger charge is -2.25.